The van der Waals surface area contributed by atoms with Gasteiger partial charge in [-0.05, 0) is 24.1 Å². The van der Waals surface area contributed by atoms with Gasteiger partial charge in [-0.15, -0.1) is 13.2 Å². The Kier molecular flexibility index (Phi) is 5.33. The summed E-state index contributed by atoms with van der Waals surface area (Å²) in [6.45, 7) is 0.171. The molecule has 1 unspecified atom stereocenters. The van der Waals surface area contributed by atoms with Crippen LogP contribution in [0.15, 0.2) is 24.3 Å². The van der Waals surface area contributed by atoms with Crippen LogP contribution < -0.4 is 10.1 Å². The molecule has 1 aliphatic rings. The Morgan fingerprint density at radius 1 is 1.29 bits per heavy atom. The number of carboxylic acid groups (broad SMARTS) is 1. The number of hydrogen-bond acceptors (Lipinski definition) is 4. The lowest BCUT2D eigenvalue weighted by atomic mass is 9.98. The Morgan fingerprint density at radius 2 is 1.96 bits per heavy atom. The van der Waals surface area contributed by atoms with E-state index in [1.54, 1.807) is 0 Å². The van der Waals surface area contributed by atoms with Gasteiger partial charge >= 0.3 is 12.3 Å². The zero-order valence-corrected chi connectivity index (χ0v) is 12.6. The fourth-order valence-corrected chi connectivity index (χ4v) is 2.33. The van der Waals surface area contributed by atoms with Gasteiger partial charge in [-0.1, -0.05) is 12.1 Å². The Bertz CT molecular complexity index is 594. The minimum absolute atomic E-state index is 0.00844. The van der Waals surface area contributed by atoms with E-state index in [0.29, 0.717) is 5.56 Å². The van der Waals surface area contributed by atoms with E-state index in [-0.39, 0.29) is 38.2 Å². The Morgan fingerprint density at radius 3 is 2.46 bits per heavy atom. The number of nitrogens with one attached hydrogen (secondary N) is 1. The van der Waals surface area contributed by atoms with Crippen molar-refractivity contribution in [2.75, 3.05) is 13.2 Å². The number of amides is 1. The molecule has 1 fully saturated rings. The average molecular weight is 347 g/mol. The summed E-state index contributed by atoms with van der Waals surface area (Å²) in [6, 6.07) is 5.15. The molecule has 132 valence electrons. The van der Waals surface area contributed by atoms with Crippen LogP contribution in [0, 0.1) is 0 Å². The molecule has 9 heteroatoms. The molecule has 0 spiro atoms. The zero-order chi connectivity index (χ0) is 17.8. The van der Waals surface area contributed by atoms with E-state index < -0.39 is 23.8 Å². The summed E-state index contributed by atoms with van der Waals surface area (Å²) in [5.74, 6) is -1.95. The maximum absolute atomic E-state index is 12.1. The summed E-state index contributed by atoms with van der Waals surface area (Å²) in [7, 11) is 0. The first-order chi connectivity index (χ1) is 11.2. The smallest absolute Gasteiger partial charge is 0.479 e. The molecule has 1 saturated heterocycles. The first-order valence-electron chi connectivity index (χ1n) is 7.17. The highest BCUT2D eigenvalue weighted by molar-refractivity contribution is 5.87. The van der Waals surface area contributed by atoms with Crippen LogP contribution in [0.4, 0.5) is 13.2 Å². The monoisotopic (exact) mass is 347 g/mol. The molecule has 0 bridgehead atoms. The lowest BCUT2D eigenvalue weighted by Crippen LogP contribution is -2.55. The number of benzene rings is 1. The van der Waals surface area contributed by atoms with E-state index in [1.807, 2.05) is 0 Å². The normalized spacial score (nSPS) is 20.6. The van der Waals surface area contributed by atoms with Gasteiger partial charge in [0, 0.05) is 19.4 Å². The molecule has 1 aromatic carbocycles. The van der Waals surface area contributed by atoms with Gasteiger partial charge in [-0.2, -0.15) is 0 Å². The molecule has 1 aliphatic heterocycles. The summed E-state index contributed by atoms with van der Waals surface area (Å²) in [4.78, 5) is 23.2. The Labute approximate surface area is 135 Å². The molecular weight excluding hydrogens is 331 g/mol. The number of halogens is 3. The van der Waals surface area contributed by atoms with Gasteiger partial charge < -0.3 is 19.9 Å². The van der Waals surface area contributed by atoms with Gasteiger partial charge in [0.05, 0.1) is 6.61 Å². The molecule has 0 radical (unpaired) electrons. The molecule has 1 heterocycles. The quantitative estimate of drug-likeness (QED) is 0.821. The summed E-state index contributed by atoms with van der Waals surface area (Å²) >= 11 is 0. The predicted molar refractivity (Wildman–Crippen MR) is 75.4 cm³/mol. The first kappa shape index (κ1) is 18.1. The van der Waals surface area contributed by atoms with Gasteiger partial charge in [0.15, 0.2) is 5.54 Å². The second-order valence-corrected chi connectivity index (χ2v) is 5.43. The zero-order valence-electron chi connectivity index (χ0n) is 12.6. The van der Waals surface area contributed by atoms with Gasteiger partial charge in [0.2, 0.25) is 5.91 Å². The number of aryl methyl sites for hydroxylation is 1. The van der Waals surface area contributed by atoms with Crippen molar-refractivity contribution in [1.29, 1.82) is 0 Å². The number of hydrogen-bond donors (Lipinski definition) is 2. The molecule has 0 aromatic heterocycles. The number of carboxylic acids is 1. The number of aliphatic carboxylic acids is 1. The van der Waals surface area contributed by atoms with E-state index >= 15 is 0 Å². The molecule has 0 aliphatic carbocycles. The average Bonchev–Trinajstić information content (AvgIpc) is 2.95. The highest BCUT2D eigenvalue weighted by Crippen LogP contribution is 2.23. The summed E-state index contributed by atoms with van der Waals surface area (Å²) in [5.41, 5.74) is -0.770. The highest BCUT2D eigenvalue weighted by Gasteiger charge is 2.43. The van der Waals surface area contributed by atoms with Crippen molar-refractivity contribution in [1.82, 2.24) is 5.32 Å². The second kappa shape index (κ2) is 7.08. The lowest BCUT2D eigenvalue weighted by Gasteiger charge is -2.23. The molecule has 6 nitrogen and oxygen atoms in total. The van der Waals surface area contributed by atoms with E-state index in [2.05, 4.69) is 10.1 Å². The van der Waals surface area contributed by atoms with Crippen molar-refractivity contribution < 1.29 is 37.3 Å². The second-order valence-electron chi connectivity index (χ2n) is 5.43. The van der Waals surface area contributed by atoms with E-state index in [1.165, 1.54) is 12.1 Å². The van der Waals surface area contributed by atoms with Crippen molar-refractivity contribution in [2.24, 2.45) is 0 Å². The van der Waals surface area contributed by atoms with Crippen LogP contribution in [0.2, 0.25) is 0 Å². The van der Waals surface area contributed by atoms with Crippen LogP contribution in [0.3, 0.4) is 0 Å². The molecule has 2 rings (SSSR count). The third kappa shape index (κ3) is 4.85. The Hall–Kier alpha value is -2.29. The number of rotatable bonds is 6. The van der Waals surface area contributed by atoms with Crippen LogP contribution in [-0.2, 0) is 20.7 Å². The van der Waals surface area contributed by atoms with E-state index in [9.17, 15) is 27.9 Å². The van der Waals surface area contributed by atoms with Gasteiger partial charge in [-0.25, -0.2) is 4.79 Å². The summed E-state index contributed by atoms with van der Waals surface area (Å²) in [6.07, 6.45) is -4.29. The maximum Gasteiger partial charge on any atom is 0.573 e. The van der Waals surface area contributed by atoms with E-state index in [4.69, 9.17) is 4.74 Å². The van der Waals surface area contributed by atoms with Gasteiger partial charge in [-0.3, -0.25) is 4.79 Å². The number of alkyl halides is 3. The molecule has 2 N–H and O–H groups in total. The minimum Gasteiger partial charge on any atom is -0.479 e. The molecular formula is C15H16F3NO5. The number of ether oxygens (including phenoxy) is 2. The summed E-state index contributed by atoms with van der Waals surface area (Å²) in [5, 5.41) is 11.7. The topological polar surface area (TPSA) is 84.9 Å². The molecule has 1 atom stereocenters. The van der Waals surface area contributed by atoms with Crippen LogP contribution in [0.5, 0.6) is 5.75 Å². The largest absolute Gasteiger partial charge is 0.573 e. The third-order valence-corrected chi connectivity index (χ3v) is 3.61. The van der Waals surface area contributed by atoms with Crippen LogP contribution in [0.1, 0.15) is 18.4 Å². The van der Waals surface area contributed by atoms with Crippen molar-refractivity contribution in [2.45, 2.75) is 31.2 Å². The van der Waals surface area contributed by atoms with Crippen LogP contribution in [-0.4, -0.2) is 42.1 Å². The van der Waals surface area contributed by atoms with Crippen molar-refractivity contribution in [3.8, 4) is 5.75 Å². The first-order valence-corrected chi connectivity index (χ1v) is 7.17. The predicted octanol–water partition coefficient (Wildman–Crippen LogP) is 1.88. The highest BCUT2D eigenvalue weighted by atomic mass is 19.4. The fraction of sp³-hybridized carbons (Fsp3) is 0.467. The fourth-order valence-electron chi connectivity index (χ4n) is 2.33. The lowest BCUT2D eigenvalue weighted by molar-refractivity contribution is -0.274. The summed E-state index contributed by atoms with van der Waals surface area (Å²) < 4.78 is 45.0. The standard InChI is InChI=1S/C15H16F3NO5/c16-15(17,18)24-11-4-1-10(2-5-11)3-6-12(20)19-14(13(21)22)7-8-23-9-14/h1-2,4-5H,3,6-9H2,(H,19,20)(H,21,22). The van der Waals surface area contributed by atoms with Gasteiger partial charge in [0.1, 0.15) is 5.75 Å². The molecule has 0 saturated carbocycles. The van der Waals surface area contributed by atoms with Crippen molar-refractivity contribution in [3.63, 3.8) is 0 Å². The third-order valence-electron chi connectivity index (χ3n) is 3.61. The number of carbonyl (C=O) groups excluding carboxylic acids is 1. The van der Waals surface area contributed by atoms with Crippen molar-refractivity contribution in [3.05, 3.63) is 29.8 Å². The molecule has 1 aromatic rings. The molecule has 1 amide bonds. The Balaban J connectivity index is 1.86. The minimum atomic E-state index is -4.75. The van der Waals surface area contributed by atoms with Crippen LogP contribution in [0.25, 0.3) is 0 Å². The van der Waals surface area contributed by atoms with Crippen LogP contribution >= 0.6 is 0 Å². The van der Waals surface area contributed by atoms with E-state index in [0.717, 1.165) is 12.1 Å². The number of carbonyl (C=O) groups is 2. The maximum atomic E-state index is 12.1. The van der Waals surface area contributed by atoms with Crippen molar-refractivity contribution >= 4 is 11.9 Å². The molecule has 24 heavy (non-hydrogen) atoms. The van der Waals surface area contributed by atoms with Gasteiger partial charge in [0.25, 0.3) is 0 Å². The SMILES string of the molecule is O=C(CCc1ccc(OC(F)(F)F)cc1)NC1(C(=O)O)CCOC1.